The van der Waals surface area contributed by atoms with Gasteiger partial charge in [0.15, 0.2) is 0 Å². The molecule has 2 rings (SSSR count). The number of nitrogens with one attached hydrogen (secondary N) is 1. The third-order valence-electron chi connectivity index (χ3n) is 1.73. The van der Waals surface area contributed by atoms with Crippen molar-refractivity contribution < 1.29 is 5.11 Å². The molecule has 2 N–H and O–H groups in total. The molecule has 0 aliphatic rings. The molecular formula is C13H19NO2. The second-order valence-electron chi connectivity index (χ2n) is 2.56. The first-order chi connectivity index (χ1) is 7.77. The van der Waals surface area contributed by atoms with Crippen molar-refractivity contribution in [2.24, 2.45) is 0 Å². The van der Waals surface area contributed by atoms with E-state index >= 15 is 0 Å². The van der Waals surface area contributed by atoms with Gasteiger partial charge in [0, 0.05) is 11.5 Å². The third kappa shape index (κ3) is 3.42. The molecule has 0 atom stereocenters. The highest BCUT2D eigenvalue weighted by molar-refractivity contribution is 5.84. The van der Waals surface area contributed by atoms with Crippen molar-refractivity contribution in [3.63, 3.8) is 0 Å². The molecule has 0 saturated carbocycles. The van der Waals surface area contributed by atoms with Crippen molar-refractivity contribution in [3.8, 4) is 5.75 Å². The molecule has 2 aromatic rings. The third-order valence-corrected chi connectivity index (χ3v) is 1.73. The molecule has 1 aromatic carbocycles. The van der Waals surface area contributed by atoms with Crippen molar-refractivity contribution in [2.75, 3.05) is 0 Å². The van der Waals surface area contributed by atoms with Gasteiger partial charge in [0.05, 0.1) is 5.52 Å². The summed E-state index contributed by atoms with van der Waals surface area (Å²) in [5.41, 5.74) is 0.369. The number of hydrogen-bond acceptors (Lipinski definition) is 2. The van der Waals surface area contributed by atoms with Crippen molar-refractivity contribution >= 4 is 10.9 Å². The first-order valence-electron chi connectivity index (χ1n) is 5.58. The second-order valence-corrected chi connectivity index (χ2v) is 2.56. The van der Waals surface area contributed by atoms with E-state index < -0.39 is 0 Å². The Morgan fingerprint density at radius 3 is 2.25 bits per heavy atom. The Hall–Kier alpha value is -1.77. The topological polar surface area (TPSA) is 53.1 Å². The van der Waals surface area contributed by atoms with Gasteiger partial charge in [-0.1, -0.05) is 39.8 Å². The Labute approximate surface area is 95.8 Å². The normalized spacial score (nSPS) is 8.50. The fourth-order valence-corrected chi connectivity index (χ4v) is 1.19. The minimum absolute atomic E-state index is 0.0225. The lowest BCUT2D eigenvalue weighted by molar-refractivity contribution is 0.480. The average molecular weight is 221 g/mol. The fourth-order valence-electron chi connectivity index (χ4n) is 1.19. The monoisotopic (exact) mass is 221 g/mol. The van der Waals surface area contributed by atoms with E-state index in [4.69, 9.17) is 0 Å². The van der Waals surface area contributed by atoms with Gasteiger partial charge in [0.25, 0.3) is 5.56 Å². The van der Waals surface area contributed by atoms with Gasteiger partial charge in [-0.25, -0.2) is 0 Å². The zero-order valence-electron chi connectivity index (χ0n) is 10.2. The molecule has 3 heteroatoms. The zero-order valence-corrected chi connectivity index (χ0v) is 10.2. The van der Waals surface area contributed by atoms with Crippen LogP contribution in [-0.2, 0) is 0 Å². The SMILES string of the molecule is CC.CC.O=c1cc(O)c2ccccc2[nH]1. The molecule has 1 aromatic heterocycles. The molecule has 88 valence electrons. The van der Waals surface area contributed by atoms with E-state index in [0.29, 0.717) is 10.9 Å². The van der Waals surface area contributed by atoms with Gasteiger partial charge in [-0.3, -0.25) is 4.79 Å². The Kier molecular flexibility index (Phi) is 6.68. The van der Waals surface area contributed by atoms with Crippen LogP contribution in [0.25, 0.3) is 10.9 Å². The lowest BCUT2D eigenvalue weighted by Gasteiger charge is -1.97. The van der Waals surface area contributed by atoms with Gasteiger partial charge in [-0.15, -0.1) is 0 Å². The number of rotatable bonds is 0. The molecule has 0 saturated heterocycles. The van der Waals surface area contributed by atoms with Crippen LogP contribution >= 0.6 is 0 Å². The molecule has 0 spiro atoms. The average Bonchev–Trinajstić information content (AvgIpc) is 2.34. The molecule has 0 fully saturated rings. The number of para-hydroxylation sites is 1. The number of pyridine rings is 1. The minimum Gasteiger partial charge on any atom is -0.507 e. The van der Waals surface area contributed by atoms with Crippen LogP contribution in [0.3, 0.4) is 0 Å². The van der Waals surface area contributed by atoms with Crippen LogP contribution in [0.4, 0.5) is 0 Å². The van der Waals surface area contributed by atoms with E-state index in [0.717, 1.165) is 0 Å². The van der Waals surface area contributed by atoms with E-state index in [-0.39, 0.29) is 11.3 Å². The van der Waals surface area contributed by atoms with Crippen molar-refractivity contribution in [3.05, 3.63) is 40.7 Å². The van der Waals surface area contributed by atoms with Crippen LogP contribution < -0.4 is 5.56 Å². The van der Waals surface area contributed by atoms with E-state index in [1.807, 2.05) is 27.7 Å². The van der Waals surface area contributed by atoms with Gasteiger partial charge in [0.2, 0.25) is 0 Å². The molecule has 0 amide bonds. The minimum atomic E-state index is -0.286. The van der Waals surface area contributed by atoms with Crippen LogP contribution in [0.1, 0.15) is 27.7 Å². The van der Waals surface area contributed by atoms with E-state index in [1.54, 1.807) is 24.3 Å². The summed E-state index contributed by atoms with van der Waals surface area (Å²) < 4.78 is 0. The van der Waals surface area contributed by atoms with Gasteiger partial charge < -0.3 is 10.1 Å². The number of H-pyrrole nitrogens is 1. The fraction of sp³-hybridized carbons (Fsp3) is 0.308. The summed E-state index contributed by atoms with van der Waals surface area (Å²) >= 11 is 0. The van der Waals surface area contributed by atoms with Crippen LogP contribution in [-0.4, -0.2) is 10.1 Å². The smallest absolute Gasteiger partial charge is 0.252 e. The Morgan fingerprint density at radius 2 is 1.62 bits per heavy atom. The molecule has 1 heterocycles. The largest absolute Gasteiger partial charge is 0.507 e. The number of aromatic hydroxyl groups is 1. The maximum atomic E-state index is 10.9. The summed E-state index contributed by atoms with van der Waals surface area (Å²) in [6.07, 6.45) is 0. The molecule has 0 unspecified atom stereocenters. The lowest BCUT2D eigenvalue weighted by atomic mass is 10.2. The Bertz CT molecular complexity index is 475. The summed E-state index contributed by atoms with van der Waals surface area (Å²) in [6, 6.07) is 8.28. The van der Waals surface area contributed by atoms with Gasteiger partial charge in [0.1, 0.15) is 5.75 Å². The van der Waals surface area contributed by atoms with Gasteiger partial charge in [-0.2, -0.15) is 0 Å². The Morgan fingerprint density at radius 1 is 1.06 bits per heavy atom. The number of benzene rings is 1. The summed E-state index contributed by atoms with van der Waals surface area (Å²) in [4.78, 5) is 13.5. The molecule has 16 heavy (non-hydrogen) atoms. The van der Waals surface area contributed by atoms with Crippen molar-refractivity contribution in [1.82, 2.24) is 4.98 Å². The summed E-state index contributed by atoms with van der Waals surface area (Å²) in [7, 11) is 0. The summed E-state index contributed by atoms with van der Waals surface area (Å²) in [5.74, 6) is 0.0225. The van der Waals surface area contributed by atoms with Crippen LogP contribution in [0.15, 0.2) is 35.1 Å². The van der Waals surface area contributed by atoms with Crippen LogP contribution in [0.2, 0.25) is 0 Å². The van der Waals surface area contributed by atoms with E-state index in [9.17, 15) is 9.90 Å². The highest BCUT2D eigenvalue weighted by atomic mass is 16.3. The first kappa shape index (κ1) is 14.2. The maximum Gasteiger partial charge on any atom is 0.252 e. The van der Waals surface area contributed by atoms with Gasteiger partial charge in [-0.05, 0) is 12.1 Å². The number of fused-ring (bicyclic) bond motifs is 1. The first-order valence-corrected chi connectivity index (χ1v) is 5.58. The predicted octanol–water partition coefficient (Wildman–Crippen LogP) is 3.29. The zero-order chi connectivity index (χ0) is 12.6. The van der Waals surface area contributed by atoms with E-state index in [1.165, 1.54) is 6.07 Å². The summed E-state index contributed by atoms with van der Waals surface area (Å²) in [5, 5.41) is 10.00. The van der Waals surface area contributed by atoms with Crippen molar-refractivity contribution in [1.29, 1.82) is 0 Å². The van der Waals surface area contributed by atoms with Crippen molar-refractivity contribution in [2.45, 2.75) is 27.7 Å². The number of hydrogen-bond donors (Lipinski definition) is 2. The van der Waals surface area contributed by atoms with Crippen LogP contribution in [0.5, 0.6) is 5.75 Å². The standard InChI is InChI=1S/C9H7NO2.2C2H6/c11-8-5-9(12)10-7-4-2-1-3-6(7)8;2*1-2/h1-5H,(H2,10,11,12);2*1-2H3. The Balaban J connectivity index is 0.000000509. The molecule has 3 nitrogen and oxygen atoms in total. The lowest BCUT2D eigenvalue weighted by Crippen LogP contribution is -2.02. The van der Waals surface area contributed by atoms with E-state index in [2.05, 4.69) is 4.98 Å². The molecule has 0 aliphatic heterocycles. The van der Waals surface area contributed by atoms with Crippen LogP contribution in [0, 0.1) is 0 Å². The molecule has 0 aliphatic carbocycles. The van der Waals surface area contributed by atoms with Gasteiger partial charge >= 0.3 is 0 Å². The maximum absolute atomic E-state index is 10.9. The summed E-state index contributed by atoms with van der Waals surface area (Å²) in [6.45, 7) is 8.00. The highest BCUT2D eigenvalue weighted by Crippen LogP contribution is 2.19. The number of aromatic amines is 1. The second kappa shape index (κ2) is 7.51. The number of aromatic nitrogens is 1. The predicted molar refractivity (Wildman–Crippen MR) is 68.9 cm³/mol. The quantitative estimate of drug-likeness (QED) is 0.717. The molecular weight excluding hydrogens is 202 g/mol. The molecule has 0 bridgehead atoms. The highest BCUT2D eigenvalue weighted by Gasteiger charge is 1.98. The molecule has 0 radical (unpaired) electrons.